The summed E-state index contributed by atoms with van der Waals surface area (Å²) in [6.07, 6.45) is 0. The highest BCUT2D eigenvalue weighted by molar-refractivity contribution is 5.49. The van der Waals surface area contributed by atoms with Crippen molar-refractivity contribution in [3.8, 4) is 0 Å². The van der Waals surface area contributed by atoms with E-state index in [1.807, 2.05) is 42.5 Å². The lowest BCUT2D eigenvalue weighted by Crippen LogP contribution is -1.87. The van der Waals surface area contributed by atoms with Crippen LogP contribution in [0.15, 0.2) is 54.6 Å². The lowest BCUT2D eigenvalue weighted by Gasteiger charge is -2.02. The molecule has 0 N–H and O–H groups in total. The molecule has 1 nitrogen and oxygen atoms in total. The molecule has 0 aliphatic carbocycles. The molecule has 69 valence electrons. The first kappa shape index (κ1) is 8.82. The zero-order valence-corrected chi connectivity index (χ0v) is 8.14. The van der Waals surface area contributed by atoms with Crippen LogP contribution in [0.5, 0.6) is 0 Å². The van der Waals surface area contributed by atoms with Gasteiger partial charge in [0.25, 0.3) is 0 Å². The second-order valence-corrected chi connectivity index (χ2v) is 3.29. The summed E-state index contributed by atoms with van der Waals surface area (Å²) in [6.45, 7) is 2.07. The van der Waals surface area contributed by atoms with Crippen LogP contribution in [-0.2, 0) is 0 Å². The molecule has 2 aromatic rings. The fourth-order valence-electron chi connectivity index (χ4n) is 1.35. The Labute approximate surface area is 84.4 Å². The van der Waals surface area contributed by atoms with Gasteiger partial charge in [-0.2, -0.15) is 0 Å². The molecule has 1 heteroatoms. The van der Waals surface area contributed by atoms with Gasteiger partial charge in [-0.15, -0.1) is 0 Å². The van der Waals surface area contributed by atoms with E-state index in [4.69, 9.17) is 0 Å². The summed E-state index contributed by atoms with van der Waals surface area (Å²) in [5, 5.41) is 4.50. The number of rotatable bonds is 2. The molecule has 0 aliphatic heterocycles. The maximum absolute atomic E-state index is 4.50. The molecule has 1 radical (unpaired) electrons. The number of para-hydroxylation sites is 1. The molecular weight excluding hydrogens is 170 g/mol. The van der Waals surface area contributed by atoms with Crippen molar-refractivity contribution in [1.29, 1.82) is 0 Å². The highest BCUT2D eigenvalue weighted by Gasteiger charge is 1.95. The van der Waals surface area contributed by atoms with Crippen LogP contribution in [0.1, 0.15) is 5.56 Å². The van der Waals surface area contributed by atoms with Crippen LogP contribution >= 0.6 is 0 Å². The van der Waals surface area contributed by atoms with Crippen molar-refractivity contribution >= 4 is 11.4 Å². The Morgan fingerprint density at radius 1 is 0.786 bits per heavy atom. The Kier molecular flexibility index (Phi) is 2.50. The second-order valence-electron chi connectivity index (χ2n) is 3.29. The molecule has 0 atom stereocenters. The van der Waals surface area contributed by atoms with E-state index in [0.29, 0.717) is 0 Å². The van der Waals surface area contributed by atoms with Crippen molar-refractivity contribution in [3.05, 3.63) is 60.2 Å². The van der Waals surface area contributed by atoms with Gasteiger partial charge in [-0.3, -0.25) is 0 Å². The summed E-state index contributed by atoms with van der Waals surface area (Å²) in [6, 6.07) is 18.2. The van der Waals surface area contributed by atoms with Crippen LogP contribution in [0.25, 0.3) is 0 Å². The number of hydrogen-bond acceptors (Lipinski definition) is 0. The van der Waals surface area contributed by atoms with E-state index >= 15 is 0 Å². The fourth-order valence-corrected chi connectivity index (χ4v) is 1.35. The predicted octanol–water partition coefficient (Wildman–Crippen LogP) is 3.56. The van der Waals surface area contributed by atoms with E-state index in [1.54, 1.807) is 0 Å². The molecule has 0 fully saturated rings. The smallest absolute Gasteiger partial charge is 0.0639 e. The standard InChI is InChI=1S/C13H12N/c1-11-6-5-9-13(10-11)14-12-7-3-2-4-8-12/h2-10H,1H3. The number of benzene rings is 2. The molecule has 0 spiro atoms. The second kappa shape index (κ2) is 3.97. The summed E-state index contributed by atoms with van der Waals surface area (Å²) >= 11 is 0. The molecule has 0 amide bonds. The van der Waals surface area contributed by atoms with Crippen LogP contribution in [-0.4, -0.2) is 0 Å². The quantitative estimate of drug-likeness (QED) is 0.674. The average molecular weight is 182 g/mol. The van der Waals surface area contributed by atoms with Crippen LogP contribution in [0.3, 0.4) is 0 Å². The van der Waals surface area contributed by atoms with E-state index in [0.717, 1.165) is 11.4 Å². The van der Waals surface area contributed by atoms with Gasteiger partial charge in [0, 0.05) is 0 Å². The first-order chi connectivity index (χ1) is 6.84. The Morgan fingerprint density at radius 3 is 2.21 bits per heavy atom. The van der Waals surface area contributed by atoms with Crippen LogP contribution in [0.2, 0.25) is 0 Å². The van der Waals surface area contributed by atoms with E-state index in [-0.39, 0.29) is 0 Å². The summed E-state index contributed by atoms with van der Waals surface area (Å²) in [5.41, 5.74) is 3.25. The lowest BCUT2D eigenvalue weighted by molar-refractivity contribution is 1.18. The maximum Gasteiger partial charge on any atom is 0.0639 e. The molecule has 14 heavy (non-hydrogen) atoms. The number of aryl methyl sites for hydroxylation is 1. The van der Waals surface area contributed by atoms with Gasteiger partial charge in [0.2, 0.25) is 0 Å². The van der Waals surface area contributed by atoms with Crippen molar-refractivity contribution < 1.29 is 0 Å². The molecule has 0 bridgehead atoms. The minimum atomic E-state index is 0.998. The molecule has 2 rings (SSSR count). The number of nitrogens with zero attached hydrogens (tertiary/aromatic N) is 1. The molecule has 0 aromatic heterocycles. The monoisotopic (exact) mass is 182 g/mol. The summed E-state index contributed by atoms with van der Waals surface area (Å²) in [4.78, 5) is 0. The van der Waals surface area contributed by atoms with Gasteiger partial charge in [-0.05, 0) is 36.8 Å². The summed E-state index contributed by atoms with van der Waals surface area (Å²) in [7, 11) is 0. The van der Waals surface area contributed by atoms with Gasteiger partial charge in [0.1, 0.15) is 0 Å². The van der Waals surface area contributed by atoms with E-state index in [2.05, 4.69) is 24.4 Å². The van der Waals surface area contributed by atoms with E-state index in [1.165, 1.54) is 5.56 Å². The molecule has 0 saturated heterocycles. The first-order valence-corrected chi connectivity index (χ1v) is 4.68. The first-order valence-electron chi connectivity index (χ1n) is 4.68. The average Bonchev–Trinajstić information content (AvgIpc) is 2.19. The third-order valence-corrected chi connectivity index (χ3v) is 2.02. The SMILES string of the molecule is Cc1cccc([N]c2ccccc2)c1. The van der Waals surface area contributed by atoms with Crippen LogP contribution in [0, 0.1) is 6.92 Å². The highest BCUT2D eigenvalue weighted by atomic mass is 14.9. The van der Waals surface area contributed by atoms with Gasteiger partial charge in [0.15, 0.2) is 0 Å². The molecule has 0 saturated carbocycles. The number of hydrogen-bond donors (Lipinski definition) is 0. The van der Waals surface area contributed by atoms with Gasteiger partial charge in [-0.25, -0.2) is 5.32 Å². The van der Waals surface area contributed by atoms with Gasteiger partial charge in [0.05, 0.1) is 11.4 Å². The third-order valence-electron chi connectivity index (χ3n) is 2.02. The lowest BCUT2D eigenvalue weighted by atomic mass is 10.2. The molecule has 2 aromatic carbocycles. The van der Waals surface area contributed by atoms with Gasteiger partial charge in [-0.1, -0.05) is 30.3 Å². The largest absolute Gasteiger partial charge is 0.249 e. The van der Waals surface area contributed by atoms with Gasteiger partial charge < -0.3 is 0 Å². The topological polar surface area (TPSA) is 14.1 Å². The summed E-state index contributed by atoms with van der Waals surface area (Å²) < 4.78 is 0. The molecular formula is C13H12N. The van der Waals surface area contributed by atoms with Gasteiger partial charge >= 0.3 is 0 Å². The molecule has 0 heterocycles. The van der Waals surface area contributed by atoms with Crippen LogP contribution in [0.4, 0.5) is 11.4 Å². The minimum absolute atomic E-state index is 0.998. The Bertz CT molecular complexity index is 407. The maximum atomic E-state index is 4.50. The van der Waals surface area contributed by atoms with E-state index < -0.39 is 0 Å². The van der Waals surface area contributed by atoms with E-state index in [9.17, 15) is 0 Å². The van der Waals surface area contributed by atoms with Crippen LogP contribution < -0.4 is 5.32 Å². The van der Waals surface area contributed by atoms with Crippen molar-refractivity contribution in [3.63, 3.8) is 0 Å². The predicted molar refractivity (Wildman–Crippen MR) is 59.1 cm³/mol. The fraction of sp³-hybridized carbons (Fsp3) is 0.0769. The summed E-state index contributed by atoms with van der Waals surface area (Å²) in [5.74, 6) is 0. The zero-order valence-electron chi connectivity index (χ0n) is 8.14. The molecule has 0 aliphatic rings. The minimum Gasteiger partial charge on any atom is -0.249 e. The molecule has 0 unspecified atom stereocenters. The Balaban J connectivity index is 2.19. The Hall–Kier alpha value is -1.76. The van der Waals surface area contributed by atoms with Crippen molar-refractivity contribution in [2.45, 2.75) is 6.92 Å². The van der Waals surface area contributed by atoms with Crippen molar-refractivity contribution in [2.24, 2.45) is 0 Å². The Morgan fingerprint density at radius 2 is 1.50 bits per heavy atom. The third kappa shape index (κ3) is 2.13. The normalized spacial score (nSPS) is 9.79. The highest BCUT2D eigenvalue weighted by Crippen LogP contribution is 2.16. The zero-order chi connectivity index (χ0) is 9.80. The van der Waals surface area contributed by atoms with Crippen molar-refractivity contribution in [1.82, 2.24) is 5.32 Å². The van der Waals surface area contributed by atoms with Crippen molar-refractivity contribution in [2.75, 3.05) is 0 Å².